The van der Waals surface area contributed by atoms with Crippen molar-refractivity contribution in [1.82, 2.24) is 0 Å². The molecule has 7 nitrogen and oxygen atoms in total. The third-order valence-corrected chi connectivity index (χ3v) is 2.78. The van der Waals surface area contributed by atoms with Gasteiger partial charge in [0.1, 0.15) is 0 Å². The Morgan fingerprint density at radius 1 is 1.18 bits per heavy atom. The SMILES string of the molecule is COC(=O)/C=C/C=C/CCCCOC1(OC)N=NC(C)(C)O1. The number of unbranched alkanes of at least 4 members (excludes halogenated alkanes) is 2. The quantitative estimate of drug-likeness (QED) is 0.215. The van der Waals surface area contributed by atoms with E-state index < -0.39 is 11.8 Å². The molecule has 0 spiro atoms. The third-order valence-electron chi connectivity index (χ3n) is 2.78. The molecule has 0 N–H and O–H groups in total. The molecular weight excluding hydrogens is 288 g/mol. The fraction of sp³-hybridized carbons (Fsp3) is 0.667. The van der Waals surface area contributed by atoms with Gasteiger partial charge in [-0.25, -0.2) is 4.79 Å². The second-order valence-electron chi connectivity index (χ2n) is 5.13. The molecule has 124 valence electrons. The summed E-state index contributed by atoms with van der Waals surface area (Å²) in [7, 11) is 2.81. The average Bonchev–Trinajstić information content (AvgIpc) is 2.81. The van der Waals surface area contributed by atoms with Crippen molar-refractivity contribution in [2.75, 3.05) is 20.8 Å². The summed E-state index contributed by atoms with van der Waals surface area (Å²) >= 11 is 0. The van der Waals surface area contributed by atoms with Crippen molar-refractivity contribution in [3.63, 3.8) is 0 Å². The van der Waals surface area contributed by atoms with E-state index in [2.05, 4.69) is 15.0 Å². The van der Waals surface area contributed by atoms with Crippen LogP contribution < -0.4 is 0 Å². The summed E-state index contributed by atoms with van der Waals surface area (Å²) in [6.45, 7) is 4.02. The fourth-order valence-electron chi connectivity index (χ4n) is 1.68. The number of rotatable bonds is 9. The number of azo groups is 1. The highest BCUT2D eigenvalue weighted by Gasteiger charge is 2.45. The normalized spacial score (nSPS) is 23.6. The summed E-state index contributed by atoms with van der Waals surface area (Å²) in [5.41, 5.74) is -0.731. The van der Waals surface area contributed by atoms with E-state index in [4.69, 9.17) is 14.2 Å². The summed E-state index contributed by atoms with van der Waals surface area (Å²) in [6.07, 6.45) is 8.03. The lowest BCUT2D eigenvalue weighted by Crippen LogP contribution is -2.38. The van der Waals surface area contributed by atoms with E-state index in [0.717, 1.165) is 19.3 Å². The molecule has 0 bridgehead atoms. The predicted octanol–water partition coefficient (Wildman–Crippen LogP) is 2.93. The highest BCUT2D eigenvalue weighted by Crippen LogP contribution is 2.33. The number of hydrogen-bond acceptors (Lipinski definition) is 7. The van der Waals surface area contributed by atoms with Crippen LogP contribution in [0.3, 0.4) is 0 Å². The minimum atomic E-state index is -1.41. The smallest absolute Gasteiger partial charge is 0.414 e. The highest BCUT2D eigenvalue weighted by molar-refractivity contribution is 5.82. The monoisotopic (exact) mass is 312 g/mol. The molecule has 0 saturated carbocycles. The van der Waals surface area contributed by atoms with E-state index in [-0.39, 0.29) is 5.97 Å². The Kier molecular flexibility index (Phi) is 7.37. The standard InChI is InChI=1S/C15H24N2O5/c1-14(2)16-17-15(20-4,22-14)21-12-10-8-6-5-7-9-11-13(18)19-3/h5,7,9,11H,6,8,10,12H2,1-4H3/b7-5+,11-9+. The maximum Gasteiger partial charge on any atom is 0.414 e. The zero-order valence-electron chi connectivity index (χ0n) is 13.6. The van der Waals surface area contributed by atoms with E-state index in [9.17, 15) is 4.79 Å². The van der Waals surface area contributed by atoms with E-state index in [1.54, 1.807) is 19.9 Å². The van der Waals surface area contributed by atoms with Gasteiger partial charge in [-0.05, 0) is 33.1 Å². The van der Waals surface area contributed by atoms with E-state index in [1.165, 1.54) is 20.3 Å². The molecule has 1 aliphatic heterocycles. The summed E-state index contributed by atoms with van der Waals surface area (Å²) in [4.78, 5) is 10.8. The molecule has 1 unspecified atom stereocenters. The van der Waals surface area contributed by atoms with Crippen LogP contribution in [0.5, 0.6) is 0 Å². The lowest BCUT2D eigenvalue weighted by Gasteiger charge is -2.25. The van der Waals surface area contributed by atoms with Crippen molar-refractivity contribution in [2.24, 2.45) is 10.2 Å². The second-order valence-corrected chi connectivity index (χ2v) is 5.13. The molecule has 22 heavy (non-hydrogen) atoms. The van der Waals surface area contributed by atoms with Crippen LogP contribution in [0, 0.1) is 0 Å². The second kappa shape index (κ2) is 8.77. The van der Waals surface area contributed by atoms with Crippen LogP contribution in [0.4, 0.5) is 0 Å². The van der Waals surface area contributed by atoms with E-state index in [1.807, 2.05) is 12.2 Å². The predicted molar refractivity (Wildman–Crippen MR) is 79.9 cm³/mol. The molecule has 0 aliphatic carbocycles. The van der Waals surface area contributed by atoms with Gasteiger partial charge in [0.2, 0.25) is 0 Å². The van der Waals surface area contributed by atoms with Crippen molar-refractivity contribution in [3.8, 4) is 0 Å². The first kappa shape index (κ1) is 18.5. The topological polar surface area (TPSA) is 78.7 Å². The van der Waals surface area contributed by atoms with Crippen molar-refractivity contribution in [3.05, 3.63) is 24.3 Å². The van der Waals surface area contributed by atoms with E-state index in [0.29, 0.717) is 6.61 Å². The average molecular weight is 312 g/mol. The molecule has 0 aromatic rings. The molecule has 0 fully saturated rings. The first-order chi connectivity index (χ1) is 10.4. The largest absolute Gasteiger partial charge is 0.466 e. The Hall–Kier alpha value is -1.57. The molecule has 0 amide bonds. The minimum absolute atomic E-state index is 0.364. The summed E-state index contributed by atoms with van der Waals surface area (Å²) in [5.74, 6) is -0.364. The number of allylic oxidation sites excluding steroid dienone is 3. The molecule has 1 heterocycles. The van der Waals surface area contributed by atoms with Gasteiger partial charge in [-0.2, -0.15) is 5.11 Å². The van der Waals surface area contributed by atoms with Crippen molar-refractivity contribution < 1.29 is 23.7 Å². The van der Waals surface area contributed by atoms with Crippen LogP contribution in [-0.4, -0.2) is 38.6 Å². The minimum Gasteiger partial charge on any atom is -0.466 e. The maximum absolute atomic E-state index is 10.8. The Balaban J connectivity index is 2.15. The zero-order chi connectivity index (χ0) is 16.5. The number of methoxy groups -OCH3 is 2. The van der Waals surface area contributed by atoms with Crippen molar-refractivity contribution in [2.45, 2.75) is 44.9 Å². The van der Waals surface area contributed by atoms with Gasteiger partial charge < -0.3 is 14.2 Å². The Morgan fingerprint density at radius 3 is 2.55 bits per heavy atom. The Labute approximate surface area is 131 Å². The first-order valence-corrected chi connectivity index (χ1v) is 7.17. The summed E-state index contributed by atoms with van der Waals surface area (Å²) in [6, 6.07) is 0. The third kappa shape index (κ3) is 6.46. The number of hydrogen-bond donors (Lipinski definition) is 0. The molecule has 0 aromatic carbocycles. The van der Waals surface area contributed by atoms with Crippen LogP contribution in [0.1, 0.15) is 33.1 Å². The summed E-state index contributed by atoms with van der Waals surface area (Å²) < 4.78 is 20.7. The van der Waals surface area contributed by atoms with Gasteiger partial charge in [0.05, 0.1) is 13.7 Å². The molecule has 7 heteroatoms. The zero-order valence-corrected chi connectivity index (χ0v) is 13.6. The van der Waals surface area contributed by atoms with E-state index >= 15 is 0 Å². The number of carbonyl (C=O) groups excluding carboxylic acids is 1. The van der Waals surface area contributed by atoms with Gasteiger partial charge in [0, 0.05) is 13.2 Å². The molecule has 1 aliphatic rings. The molecule has 0 aromatic heterocycles. The molecule has 0 radical (unpaired) electrons. The molecular formula is C15H24N2O5. The number of ether oxygens (including phenoxy) is 4. The van der Waals surface area contributed by atoms with Gasteiger partial charge in [-0.1, -0.05) is 23.3 Å². The van der Waals surface area contributed by atoms with Crippen molar-refractivity contribution in [1.29, 1.82) is 0 Å². The van der Waals surface area contributed by atoms with Crippen molar-refractivity contribution >= 4 is 5.97 Å². The number of nitrogens with zero attached hydrogens (tertiary/aromatic N) is 2. The summed E-state index contributed by atoms with van der Waals surface area (Å²) in [5, 5.41) is 7.87. The molecule has 1 rings (SSSR count). The number of esters is 1. The molecule has 0 saturated heterocycles. The van der Waals surface area contributed by atoms with Crippen LogP contribution >= 0.6 is 0 Å². The lowest BCUT2D eigenvalue weighted by molar-refractivity contribution is -0.376. The van der Waals surface area contributed by atoms with Crippen LogP contribution in [0.25, 0.3) is 0 Å². The number of carbonyl (C=O) groups is 1. The van der Waals surface area contributed by atoms with Crippen LogP contribution in [-0.2, 0) is 23.7 Å². The molecule has 1 atom stereocenters. The first-order valence-electron chi connectivity index (χ1n) is 7.17. The van der Waals surface area contributed by atoms with Gasteiger partial charge in [0.25, 0.3) is 0 Å². The Bertz CT molecular complexity index is 445. The van der Waals surface area contributed by atoms with Crippen LogP contribution in [0.15, 0.2) is 34.5 Å². The Morgan fingerprint density at radius 2 is 1.95 bits per heavy atom. The van der Waals surface area contributed by atoms with Gasteiger partial charge in [-0.15, -0.1) is 0 Å². The van der Waals surface area contributed by atoms with Gasteiger partial charge >= 0.3 is 12.1 Å². The highest BCUT2D eigenvalue weighted by atomic mass is 16.9. The lowest BCUT2D eigenvalue weighted by atomic mass is 10.2. The fourth-order valence-corrected chi connectivity index (χ4v) is 1.68. The van der Waals surface area contributed by atoms with Gasteiger partial charge in [-0.3, -0.25) is 4.74 Å². The van der Waals surface area contributed by atoms with Gasteiger partial charge in [0.15, 0.2) is 5.72 Å². The van der Waals surface area contributed by atoms with Crippen LogP contribution in [0.2, 0.25) is 0 Å². The maximum atomic E-state index is 10.8.